The normalized spacial score (nSPS) is 24.4. The molecule has 9 heteroatoms. The van der Waals surface area contributed by atoms with Gasteiger partial charge in [0.15, 0.2) is 5.13 Å². The van der Waals surface area contributed by atoms with E-state index in [0.29, 0.717) is 26.2 Å². The van der Waals surface area contributed by atoms with E-state index < -0.39 is 10.0 Å². The fourth-order valence-corrected chi connectivity index (χ4v) is 8.20. The number of benzene rings is 1. The number of hydrogen-bond acceptors (Lipinski definition) is 5. The zero-order chi connectivity index (χ0) is 19.7. The summed E-state index contributed by atoms with van der Waals surface area (Å²) in [5, 5.41) is 2.54. The first kappa shape index (κ1) is 20.3. The lowest BCUT2D eigenvalue weighted by molar-refractivity contribution is 0.369. The zero-order valence-corrected chi connectivity index (χ0v) is 18.6. The lowest BCUT2D eigenvalue weighted by atomic mass is 10.0. The molecule has 0 amide bonds. The van der Waals surface area contributed by atoms with Gasteiger partial charge in [-0.05, 0) is 37.1 Å². The standard InChI is InChI=1S/C19H23BrFN3O2S2/c20-16-3-1-2-4-18(16)28(25,26)24-11-9-23(10-12-24)19-22-17(13-27-19)14-5-7-15(21)8-6-14/h5-8,13,16,18H,1-4,9-12H2. The zero-order valence-electron chi connectivity index (χ0n) is 15.4. The maximum absolute atomic E-state index is 13.1. The molecule has 2 aromatic rings. The molecule has 5 nitrogen and oxygen atoms in total. The van der Waals surface area contributed by atoms with Gasteiger partial charge in [0.25, 0.3) is 0 Å². The van der Waals surface area contributed by atoms with Crippen LogP contribution in [0.5, 0.6) is 0 Å². The highest BCUT2D eigenvalue weighted by molar-refractivity contribution is 9.09. The summed E-state index contributed by atoms with van der Waals surface area (Å²) in [5.41, 5.74) is 1.70. The molecule has 1 aliphatic heterocycles. The number of aromatic nitrogens is 1. The second-order valence-corrected chi connectivity index (χ2v) is 11.5. The van der Waals surface area contributed by atoms with Crippen LogP contribution in [0, 0.1) is 5.82 Å². The lowest BCUT2D eigenvalue weighted by Gasteiger charge is -2.37. The van der Waals surface area contributed by atoms with Crippen LogP contribution in [0.4, 0.5) is 9.52 Å². The number of anilines is 1. The van der Waals surface area contributed by atoms with Crippen molar-refractivity contribution < 1.29 is 12.8 Å². The first-order valence-electron chi connectivity index (χ1n) is 9.54. The third kappa shape index (κ3) is 4.13. The van der Waals surface area contributed by atoms with Gasteiger partial charge in [-0.2, -0.15) is 4.31 Å². The van der Waals surface area contributed by atoms with E-state index in [4.69, 9.17) is 0 Å². The molecule has 2 fully saturated rings. The van der Waals surface area contributed by atoms with Crippen LogP contribution >= 0.6 is 27.3 Å². The van der Waals surface area contributed by atoms with Gasteiger partial charge in [-0.3, -0.25) is 0 Å². The summed E-state index contributed by atoms with van der Waals surface area (Å²) in [6.07, 6.45) is 3.74. The molecule has 152 valence electrons. The summed E-state index contributed by atoms with van der Waals surface area (Å²) < 4.78 is 40.9. The molecule has 0 spiro atoms. The van der Waals surface area contributed by atoms with Crippen molar-refractivity contribution in [3.05, 3.63) is 35.5 Å². The van der Waals surface area contributed by atoms with E-state index in [0.717, 1.165) is 42.1 Å². The molecule has 2 heterocycles. The molecule has 0 N–H and O–H groups in total. The van der Waals surface area contributed by atoms with Crippen molar-refractivity contribution >= 4 is 42.4 Å². The summed E-state index contributed by atoms with van der Waals surface area (Å²) in [6.45, 7) is 2.25. The van der Waals surface area contributed by atoms with Crippen LogP contribution in [0.15, 0.2) is 29.6 Å². The molecule has 0 bridgehead atoms. The number of nitrogens with zero attached hydrogens (tertiary/aromatic N) is 3. The van der Waals surface area contributed by atoms with Crippen molar-refractivity contribution in [3.8, 4) is 11.3 Å². The van der Waals surface area contributed by atoms with Gasteiger partial charge in [0, 0.05) is 41.9 Å². The molecule has 1 saturated heterocycles. The predicted molar refractivity (Wildman–Crippen MR) is 115 cm³/mol. The van der Waals surface area contributed by atoms with Crippen molar-refractivity contribution in [1.82, 2.24) is 9.29 Å². The van der Waals surface area contributed by atoms with E-state index in [2.05, 4.69) is 25.8 Å². The van der Waals surface area contributed by atoms with Crippen molar-refractivity contribution in [2.75, 3.05) is 31.1 Å². The second-order valence-electron chi connectivity index (χ2n) is 7.29. The predicted octanol–water partition coefficient (Wildman–Crippen LogP) is 4.11. The number of piperazine rings is 1. The van der Waals surface area contributed by atoms with Gasteiger partial charge in [-0.15, -0.1) is 11.3 Å². The summed E-state index contributed by atoms with van der Waals surface area (Å²) >= 11 is 5.12. The van der Waals surface area contributed by atoms with Crippen LogP contribution in [-0.4, -0.2) is 54.0 Å². The Hall–Kier alpha value is -1.03. The Morgan fingerprint density at radius 3 is 2.43 bits per heavy atom. The number of thiazole rings is 1. The topological polar surface area (TPSA) is 53.5 Å². The minimum absolute atomic E-state index is 0.0570. The van der Waals surface area contributed by atoms with Gasteiger partial charge in [0.2, 0.25) is 10.0 Å². The Morgan fingerprint density at radius 2 is 1.75 bits per heavy atom. The van der Waals surface area contributed by atoms with Gasteiger partial charge in [0.05, 0.1) is 10.9 Å². The lowest BCUT2D eigenvalue weighted by Crippen LogP contribution is -2.53. The molecule has 4 rings (SSSR count). The highest BCUT2D eigenvalue weighted by atomic mass is 79.9. The average molecular weight is 488 g/mol. The summed E-state index contributed by atoms with van der Waals surface area (Å²) in [4.78, 5) is 6.86. The highest BCUT2D eigenvalue weighted by Crippen LogP contribution is 2.33. The smallest absolute Gasteiger partial charge is 0.218 e. The first-order valence-corrected chi connectivity index (χ1v) is 12.8. The monoisotopic (exact) mass is 487 g/mol. The molecule has 28 heavy (non-hydrogen) atoms. The number of alkyl halides is 1. The Bertz CT molecular complexity index is 912. The number of sulfonamides is 1. The quantitative estimate of drug-likeness (QED) is 0.608. The third-order valence-electron chi connectivity index (χ3n) is 5.51. The van der Waals surface area contributed by atoms with E-state index in [-0.39, 0.29) is 15.9 Å². The highest BCUT2D eigenvalue weighted by Gasteiger charge is 2.39. The first-order chi connectivity index (χ1) is 13.4. The van der Waals surface area contributed by atoms with Gasteiger partial charge < -0.3 is 4.90 Å². The van der Waals surface area contributed by atoms with E-state index in [1.54, 1.807) is 16.4 Å². The van der Waals surface area contributed by atoms with Crippen molar-refractivity contribution in [2.24, 2.45) is 0 Å². The molecular formula is C19H23BrFN3O2S2. The Kier molecular flexibility index (Phi) is 6.06. The summed E-state index contributed by atoms with van der Waals surface area (Å²) in [7, 11) is -3.27. The van der Waals surface area contributed by atoms with E-state index in [9.17, 15) is 12.8 Å². The fraction of sp³-hybridized carbons (Fsp3) is 0.526. The van der Waals surface area contributed by atoms with E-state index in [1.165, 1.54) is 23.5 Å². The van der Waals surface area contributed by atoms with Crippen LogP contribution in [0.1, 0.15) is 25.7 Å². The molecule has 0 radical (unpaired) electrons. The number of halogens is 2. The molecule has 1 saturated carbocycles. The fourth-order valence-electron chi connectivity index (χ4n) is 3.88. The van der Waals surface area contributed by atoms with Crippen molar-refractivity contribution in [1.29, 1.82) is 0 Å². The maximum atomic E-state index is 13.1. The van der Waals surface area contributed by atoms with Crippen LogP contribution in [0.3, 0.4) is 0 Å². The van der Waals surface area contributed by atoms with Crippen LogP contribution in [0.25, 0.3) is 11.3 Å². The molecule has 2 unspecified atom stereocenters. The van der Waals surface area contributed by atoms with Crippen LogP contribution in [-0.2, 0) is 10.0 Å². The Labute approximate surface area is 177 Å². The van der Waals surface area contributed by atoms with Crippen molar-refractivity contribution in [2.45, 2.75) is 35.8 Å². The van der Waals surface area contributed by atoms with Crippen molar-refractivity contribution in [3.63, 3.8) is 0 Å². The molecule has 1 aromatic carbocycles. The second kappa shape index (κ2) is 8.38. The largest absolute Gasteiger partial charge is 0.345 e. The summed E-state index contributed by atoms with van der Waals surface area (Å²) in [6, 6.07) is 6.31. The molecule has 2 atom stereocenters. The molecule has 2 aliphatic rings. The maximum Gasteiger partial charge on any atom is 0.218 e. The summed E-state index contributed by atoms with van der Waals surface area (Å²) in [5.74, 6) is -0.264. The van der Waals surface area contributed by atoms with Gasteiger partial charge in [-0.1, -0.05) is 28.8 Å². The molecule has 1 aliphatic carbocycles. The van der Waals surface area contributed by atoms with Gasteiger partial charge in [0.1, 0.15) is 5.82 Å². The van der Waals surface area contributed by atoms with Gasteiger partial charge in [-0.25, -0.2) is 17.8 Å². The minimum atomic E-state index is -3.27. The minimum Gasteiger partial charge on any atom is -0.345 e. The Balaban J connectivity index is 1.41. The van der Waals surface area contributed by atoms with E-state index >= 15 is 0 Å². The number of rotatable bonds is 4. The average Bonchev–Trinajstić information content (AvgIpc) is 3.19. The molecular weight excluding hydrogens is 465 g/mol. The van der Waals surface area contributed by atoms with E-state index in [1.807, 2.05) is 5.38 Å². The SMILES string of the molecule is O=S(=O)(C1CCCCC1Br)N1CCN(c2nc(-c3ccc(F)cc3)cs2)CC1. The van der Waals surface area contributed by atoms with Gasteiger partial charge >= 0.3 is 0 Å². The van der Waals surface area contributed by atoms with Crippen LogP contribution < -0.4 is 4.90 Å². The Morgan fingerprint density at radius 1 is 1.07 bits per heavy atom. The third-order valence-corrected chi connectivity index (χ3v) is 10.3. The van der Waals surface area contributed by atoms with Crippen LogP contribution in [0.2, 0.25) is 0 Å². The molecule has 1 aromatic heterocycles. The number of hydrogen-bond donors (Lipinski definition) is 0.